The second-order valence-corrected chi connectivity index (χ2v) is 9.35. The van der Waals surface area contributed by atoms with Gasteiger partial charge < -0.3 is 20.2 Å². The first-order chi connectivity index (χ1) is 18.3. The average Bonchev–Trinajstić information content (AvgIpc) is 3.37. The number of carbonyl (C=O) groups excluding carboxylic acids is 6. The quantitative estimate of drug-likeness (QED) is 0.261. The van der Waals surface area contributed by atoms with Crippen molar-refractivity contribution in [3.63, 3.8) is 0 Å². The highest BCUT2D eigenvalue weighted by Gasteiger charge is 2.26. The van der Waals surface area contributed by atoms with Crippen molar-refractivity contribution in [1.82, 2.24) is 20.4 Å². The highest BCUT2D eigenvalue weighted by atomic mass is 16.5. The number of amides is 5. The van der Waals surface area contributed by atoms with E-state index in [2.05, 4.69) is 10.6 Å². The Balaban J connectivity index is 0. The Morgan fingerprint density at radius 1 is 0.846 bits per heavy atom. The van der Waals surface area contributed by atoms with Crippen LogP contribution in [0.5, 0.6) is 0 Å². The van der Waals surface area contributed by atoms with Crippen LogP contribution in [0.4, 0.5) is 0 Å². The molecule has 0 atom stereocenters. The molecule has 2 heterocycles. The van der Waals surface area contributed by atoms with E-state index < -0.39 is 5.54 Å². The van der Waals surface area contributed by atoms with Crippen LogP contribution in [0.25, 0.3) is 0 Å². The van der Waals surface area contributed by atoms with Crippen LogP contribution in [0.2, 0.25) is 0 Å². The number of imide groups is 2. The minimum Gasteiger partial charge on any atom is -0.374 e. The highest BCUT2D eigenvalue weighted by Crippen LogP contribution is 2.14. The maximum Gasteiger partial charge on any atom is 0.253 e. The molecule has 5 amide bonds. The standard InChI is InChI=1S/C17H29N3O4.C7H7NO3.2C2H6/c1-16(2,9-11-24-17(3,4)12-18-5)19-13(21)8-10-20-14(22)6-7-15(20)23;9-5-1-4-8-6(10)2-3-7(8)11;2*1-2/h6-7,18H,8-12H2,1-5H3,(H,19,21);2-3,5H,1,4H2;2*1-2H3. The van der Waals surface area contributed by atoms with E-state index in [1.165, 1.54) is 24.3 Å². The van der Waals surface area contributed by atoms with Crippen LogP contribution in [-0.4, -0.2) is 90.1 Å². The molecule has 0 saturated carbocycles. The van der Waals surface area contributed by atoms with Crippen LogP contribution < -0.4 is 10.6 Å². The van der Waals surface area contributed by atoms with Crippen molar-refractivity contribution in [2.45, 2.75) is 85.8 Å². The molecule has 2 N–H and O–H groups in total. The van der Waals surface area contributed by atoms with Crippen molar-refractivity contribution >= 4 is 35.8 Å². The lowest BCUT2D eigenvalue weighted by Crippen LogP contribution is -2.46. The third-order valence-corrected chi connectivity index (χ3v) is 5.13. The lowest BCUT2D eigenvalue weighted by atomic mass is 10.0. The second-order valence-electron chi connectivity index (χ2n) is 9.35. The number of likely N-dealkylation sites (N-methyl/N-ethyl adjacent to an activating group) is 1. The molecule has 0 radical (unpaired) electrons. The number of aldehydes is 1. The largest absolute Gasteiger partial charge is 0.374 e. The monoisotopic (exact) mass is 552 g/mol. The van der Waals surface area contributed by atoms with Crippen molar-refractivity contribution in [3.05, 3.63) is 24.3 Å². The maximum atomic E-state index is 12.1. The van der Waals surface area contributed by atoms with Gasteiger partial charge in [-0.25, -0.2) is 0 Å². The van der Waals surface area contributed by atoms with Crippen molar-refractivity contribution in [2.24, 2.45) is 0 Å². The molecular formula is C28H48N4O7. The molecule has 2 aliphatic rings. The molecule has 2 rings (SSSR count). The third kappa shape index (κ3) is 15.7. The molecule has 0 aromatic heterocycles. The first-order valence-electron chi connectivity index (χ1n) is 13.4. The van der Waals surface area contributed by atoms with E-state index >= 15 is 0 Å². The van der Waals surface area contributed by atoms with E-state index in [4.69, 9.17) is 4.74 Å². The van der Waals surface area contributed by atoms with Gasteiger partial charge in [0, 0.05) is 68.9 Å². The number of hydrogen-bond acceptors (Lipinski definition) is 8. The lowest BCUT2D eigenvalue weighted by Gasteiger charge is -2.30. The summed E-state index contributed by atoms with van der Waals surface area (Å²) in [6.07, 6.45) is 6.48. The van der Waals surface area contributed by atoms with E-state index in [0.717, 1.165) is 16.3 Å². The molecule has 0 spiro atoms. The molecule has 222 valence electrons. The van der Waals surface area contributed by atoms with Gasteiger partial charge in [-0.1, -0.05) is 27.7 Å². The normalized spacial score (nSPS) is 14.3. The molecule has 0 aromatic rings. The van der Waals surface area contributed by atoms with Gasteiger partial charge >= 0.3 is 0 Å². The fourth-order valence-electron chi connectivity index (χ4n) is 3.26. The number of ether oxygens (including phenoxy) is 1. The van der Waals surface area contributed by atoms with Crippen molar-refractivity contribution in [1.29, 1.82) is 0 Å². The van der Waals surface area contributed by atoms with Gasteiger partial charge in [0.25, 0.3) is 23.6 Å². The van der Waals surface area contributed by atoms with Gasteiger partial charge in [0.1, 0.15) is 6.29 Å². The van der Waals surface area contributed by atoms with Crippen LogP contribution in [0, 0.1) is 0 Å². The van der Waals surface area contributed by atoms with E-state index in [0.29, 0.717) is 19.3 Å². The van der Waals surface area contributed by atoms with Crippen LogP contribution in [-0.2, 0) is 33.5 Å². The molecule has 0 aliphatic carbocycles. The van der Waals surface area contributed by atoms with E-state index in [9.17, 15) is 28.8 Å². The highest BCUT2D eigenvalue weighted by molar-refractivity contribution is 6.13. The molecule has 0 unspecified atom stereocenters. The first-order valence-corrected chi connectivity index (χ1v) is 13.4. The third-order valence-electron chi connectivity index (χ3n) is 5.13. The zero-order valence-corrected chi connectivity index (χ0v) is 25.1. The molecule has 11 heteroatoms. The van der Waals surface area contributed by atoms with Crippen LogP contribution in [0.15, 0.2) is 24.3 Å². The van der Waals surface area contributed by atoms with Gasteiger partial charge in [0.15, 0.2) is 0 Å². The molecule has 2 aliphatic heterocycles. The first kappa shape index (κ1) is 38.0. The summed E-state index contributed by atoms with van der Waals surface area (Å²) in [4.78, 5) is 68.5. The molecule has 0 saturated heterocycles. The van der Waals surface area contributed by atoms with Gasteiger partial charge in [0.2, 0.25) is 5.91 Å². The molecule has 0 bridgehead atoms. The van der Waals surface area contributed by atoms with Crippen LogP contribution in [0.1, 0.15) is 74.7 Å². The van der Waals surface area contributed by atoms with Gasteiger partial charge in [-0.2, -0.15) is 0 Å². The maximum absolute atomic E-state index is 12.1. The van der Waals surface area contributed by atoms with E-state index in [-0.39, 0.29) is 61.1 Å². The van der Waals surface area contributed by atoms with E-state index in [1.807, 2.05) is 62.4 Å². The molecule has 0 aromatic carbocycles. The topological polar surface area (TPSA) is 142 Å². The minimum absolute atomic E-state index is 0.0920. The fourth-order valence-corrected chi connectivity index (χ4v) is 3.26. The Bertz CT molecular complexity index is 843. The Morgan fingerprint density at radius 3 is 1.69 bits per heavy atom. The number of rotatable bonds is 13. The van der Waals surface area contributed by atoms with E-state index in [1.54, 1.807) is 0 Å². The summed E-state index contributed by atoms with van der Waals surface area (Å²) in [7, 11) is 1.88. The van der Waals surface area contributed by atoms with Gasteiger partial charge in [-0.15, -0.1) is 0 Å². The van der Waals surface area contributed by atoms with Gasteiger partial charge in [-0.05, 0) is 41.2 Å². The summed E-state index contributed by atoms with van der Waals surface area (Å²) in [5, 5.41) is 6.00. The fraction of sp³-hybridized carbons (Fsp3) is 0.643. The minimum atomic E-state index is -0.427. The predicted octanol–water partition coefficient (Wildman–Crippen LogP) is 2.15. The zero-order chi connectivity index (χ0) is 30.6. The predicted molar refractivity (Wildman–Crippen MR) is 151 cm³/mol. The van der Waals surface area contributed by atoms with Gasteiger partial charge in [0.05, 0.1) is 5.60 Å². The average molecular weight is 553 g/mol. The number of nitrogens with zero attached hydrogens (tertiary/aromatic N) is 2. The van der Waals surface area contributed by atoms with Gasteiger partial charge in [-0.3, -0.25) is 33.8 Å². The molecule has 0 fully saturated rings. The number of hydrogen-bond donors (Lipinski definition) is 2. The lowest BCUT2D eigenvalue weighted by molar-refractivity contribution is -0.139. The summed E-state index contributed by atoms with van der Waals surface area (Å²) in [6, 6.07) is 0. The Labute approximate surface area is 233 Å². The van der Waals surface area contributed by atoms with Crippen molar-refractivity contribution in [2.75, 3.05) is 33.3 Å². The summed E-state index contributed by atoms with van der Waals surface area (Å²) in [5.41, 5.74) is -0.692. The molecule has 39 heavy (non-hydrogen) atoms. The smallest absolute Gasteiger partial charge is 0.253 e. The summed E-state index contributed by atoms with van der Waals surface area (Å²) < 4.78 is 5.84. The molecular weight excluding hydrogens is 504 g/mol. The van der Waals surface area contributed by atoms with Crippen molar-refractivity contribution < 1.29 is 33.5 Å². The van der Waals surface area contributed by atoms with Crippen molar-refractivity contribution in [3.8, 4) is 0 Å². The SMILES string of the molecule is CC.CC.CNCC(C)(C)OCCC(C)(C)NC(=O)CCN1C(=O)C=CC1=O.O=CCCN1C(=O)C=CC1=O. The second kappa shape index (κ2) is 19.8. The number of carbonyl (C=O) groups is 6. The zero-order valence-electron chi connectivity index (χ0n) is 25.1. The summed E-state index contributed by atoms with van der Waals surface area (Å²) >= 11 is 0. The Kier molecular flexibility index (Phi) is 19.3. The van der Waals surface area contributed by atoms with Crippen LogP contribution >= 0.6 is 0 Å². The van der Waals surface area contributed by atoms with Crippen LogP contribution in [0.3, 0.4) is 0 Å². The molecule has 11 nitrogen and oxygen atoms in total. The Morgan fingerprint density at radius 2 is 1.28 bits per heavy atom. The number of nitrogens with one attached hydrogen (secondary N) is 2. The Hall–Kier alpha value is -3.18. The summed E-state index contributed by atoms with van der Waals surface area (Å²) in [5.74, 6) is -1.60. The summed E-state index contributed by atoms with van der Waals surface area (Å²) in [6.45, 7) is 17.4.